The number of methoxy groups -OCH3 is 1. The molecule has 0 radical (unpaired) electrons. The van der Waals surface area contributed by atoms with Crippen LogP contribution in [0, 0.1) is 5.92 Å². The van der Waals surface area contributed by atoms with Crippen LogP contribution in [0.25, 0.3) is 0 Å². The largest absolute Gasteiger partial charge is 0.466 e. The topological polar surface area (TPSA) is 69.7 Å². The van der Waals surface area contributed by atoms with Gasteiger partial charge in [-0.25, -0.2) is 9.59 Å². The zero-order valence-corrected chi connectivity index (χ0v) is 8.56. The Bertz CT molecular complexity index is 320. The SMILES string of the molecule is COC(=O)C1([C@H](C)CC=O)C=CC(=O)O1. The molecular formula is C10H12O5. The predicted molar refractivity (Wildman–Crippen MR) is 49.8 cm³/mol. The van der Waals surface area contributed by atoms with Gasteiger partial charge in [0.2, 0.25) is 5.60 Å². The summed E-state index contributed by atoms with van der Waals surface area (Å²) in [4.78, 5) is 32.9. The highest BCUT2D eigenvalue weighted by molar-refractivity contribution is 5.94. The van der Waals surface area contributed by atoms with Crippen LogP contribution in [0.5, 0.6) is 0 Å². The maximum absolute atomic E-state index is 11.5. The summed E-state index contributed by atoms with van der Waals surface area (Å²) in [5, 5.41) is 0. The average molecular weight is 212 g/mol. The number of cyclic esters (lactones) is 1. The van der Waals surface area contributed by atoms with Gasteiger partial charge in [-0.1, -0.05) is 6.92 Å². The number of esters is 2. The van der Waals surface area contributed by atoms with Gasteiger partial charge in [-0.2, -0.15) is 0 Å². The lowest BCUT2D eigenvalue weighted by Crippen LogP contribution is -2.45. The van der Waals surface area contributed by atoms with Crippen LogP contribution in [0.2, 0.25) is 0 Å². The van der Waals surface area contributed by atoms with Gasteiger partial charge in [0.1, 0.15) is 6.29 Å². The molecule has 0 amide bonds. The van der Waals surface area contributed by atoms with E-state index in [1.807, 2.05) is 0 Å². The van der Waals surface area contributed by atoms with Gasteiger partial charge in [0.15, 0.2) is 0 Å². The molecule has 5 heteroatoms. The number of carbonyl (C=O) groups is 3. The summed E-state index contributed by atoms with van der Waals surface area (Å²) < 4.78 is 9.50. The fraction of sp³-hybridized carbons (Fsp3) is 0.500. The molecule has 82 valence electrons. The Morgan fingerprint density at radius 2 is 2.40 bits per heavy atom. The van der Waals surface area contributed by atoms with Gasteiger partial charge in [-0.3, -0.25) is 0 Å². The Labute approximate surface area is 87.0 Å². The normalized spacial score (nSPS) is 25.9. The molecule has 1 unspecified atom stereocenters. The fourth-order valence-electron chi connectivity index (χ4n) is 1.48. The zero-order chi connectivity index (χ0) is 11.5. The Morgan fingerprint density at radius 3 is 2.80 bits per heavy atom. The monoisotopic (exact) mass is 212 g/mol. The first kappa shape index (κ1) is 11.4. The van der Waals surface area contributed by atoms with Crippen molar-refractivity contribution < 1.29 is 23.9 Å². The number of ether oxygens (including phenoxy) is 2. The van der Waals surface area contributed by atoms with Crippen molar-refractivity contribution in [3.05, 3.63) is 12.2 Å². The van der Waals surface area contributed by atoms with Crippen molar-refractivity contribution in [2.45, 2.75) is 18.9 Å². The van der Waals surface area contributed by atoms with E-state index in [1.54, 1.807) is 6.92 Å². The Morgan fingerprint density at radius 1 is 1.73 bits per heavy atom. The molecular weight excluding hydrogens is 200 g/mol. The molecule has 1 heterocycles. The number of rotatable bonds is 4. The highest BCUT2D eigenvalue weighted by atomic mass is 16.6. The van der Waals surface area contributed by atoms with Gasteiger partial charge < -0.3 is 14.3 Å². The second-order valence-corrected chi connectivity index (χ2v) is 3.34. The molecule has 1 aliphatic heterocycles. The molecule has 0 fully saturated rings. The molecule has 0 aliphatic carbocycles. The highest BCUT2D eigenvalue weighted by Gasteiger charge is 2.49. The molecule has 0 spiro atoms. The molecule has 5 nitrogen and oxygen atoms in total. The maximum Gasteiger partial charge on any atom is 0.354 e. The zero-order valence-electron chi connectivity index (χ0n) is 8.56. The minimum atomic E-state index is -1.44. The van der Waals surface area contributed by atoms with Gasteiger partial charge >= 0.3 is 11.9 Å². The van der Waals surface area contributed by atoms with Gasteiger partial charge in [0, 0.05) is 18.4 Å². The van der Waals surface area contributed by atoms with Crippen LogP contribution >= 0.6 is 0 Å². The third-order valence-electron chi connectivity index (χ3n) is 2.42. The number of aldehydes is 1. The third-order valence-corrected chi connectivity index (χ3v) is 2.42. The van der Waals surface area contributed by atoms with Crippen molar-refractivity contribution in [3.8, 4) is 0 Å². The molecule has 0 aromatic rings. The molecule has 0 aromatic carbocycles. The summed E-state index contributed by atoms with van der Waals surface area (Å²) in [6.07, 6.45) is 3.30. The molecule has 0 N–H and O–H groups in total. The number of hydrogen-bond donors (Lipinski definition) is 0. The Balaban J connectivity index is 2.97. The van der Waals surface area contributed by atoms with Crippen molar-refractivity contribution >= 4 is 18.2 Å². The van der Waals surface area contributed by atoms with E-state index in [1.165, 1.54) is 13.2 Å². The van der Waals surface area contributed by atoms with Crippen LogP contribution in [0.15, 0.2) is 12.2 Å². The second-order valence-electron chi connectivity index (χ2n) is 3.34. The standard InChI is InChI=1S/C10H12O5/c1-7(4-6-11)10(9(13)14-2)5-3-8(12)15-10/h3,5-7H,4H2,1-2H3/t7-,10?/m1/s1. The van der Waals surface area contributed by atoms with Crippen LogP contribution in [-0.4, -0.2) is 30.9 Å². The first-order chi connectivity index (χ1) is 7.06. The lowest BCUT2D eigenvalue weighted by molar-refractivity contribution is -0.174. The predicted octanol–water partition coefficient (Wildman–Crippen LogP) is 0.236. The van der Waals surface area contributed by atoms with Crippen molar-refractivity contribution in [1.82, 2.24) is 0 Å². The van der Waals surface area contributed by atoms with Crippen molar-refractivity contribution in [2.24, 2.45) is 5.92 Å². The van der Waals surface area contributed by atoms with Crippen LogP contribution in [0.4, 0.5) is 0 Å². The Kier molecular flexibility index (Phi) is 3.24. The molecule has 0 saturated heterocycles. The molecule has 0 aromatic heterocycles. The van der Waals surface area contributed by atoms with Crippen LogP contribution in [-0.2, 0) is 23.9 Å². The van der Waals surface area contributed by atoms with Gasteiger partial charge in [-0.05, 0) is 6.08 Å². The van der Waals surface area contributed by atoms with Crippen molar-refractivity contribution in [1.29, 1.82) is 0 Å². The Hall–Kier alpha value is -1.65. The summed E-state index contributed by atoms with van der Waals surface area (Å²) in [5.41, 5.74) is -1.44. The van der Waals surface area contributed by atoms with E-state index in [4.69, 9.17) is 4.74 Å². The highest BCUT2D eigenvalue weighted by Crippen LogP contribution is 2.31. The molecule has 0 saturated carbocycles. The minimum absolute atomic E-state index is 0.118. The summed E-state index contributed by atoms with van der Waals surface area (Å²) in [6, 6.07) is 0. The van der Waals surface area contributed by atoms with Crippen LogP contribution < -0.4 is 0 Å². The van der Waals surface area contributed by atoms with E-state index in [0.717, 1.165) is 6.08 Å². The van der Waals surface area contributed by atoms with E-state index in [0.29, 0.717) is 6.29 Å². The third kappa shape index (κ3) is 1.91. The lowest BCUT2D eigenvalue weighted by Gasteiger charge is -2.28. The van der Waals surface area contributed by atoms with E-state index in [-0.39, 0.29) is 6.42 Å². The average Bonchev–Trinajstić information content (AvgIpc) is 2.61. The maximum atomic E-state index is 11.5. The van der Waals surface area contributed by atoms with Crippen LogP contribution in [0.3, 0.4) is 0 Å². The van der Waals surface area contributed by atoms with E-state index in [2.05, 4.69) is 4.74 Å². The number of hydrogen-bond acceptors (Lipinski definition) is 5. The van der Waals surface area contributed by atoms with Crippen molar-refractivity contribution in [3.63, 3.8) is 0 Å². The molecule has 2 atom stereocenters. The summed E-state index contributed by atoms with van der Waals surface area (Å²) >= 11 is 0. The minimum Gasteiger partial charge on any atom is -0.466 e. The van der Waals surface area contributed by atoms with Crippen molar-refractivity contribution in [2.75, 3.05) is 7.11 Å². The van der Waals surface area contributed by atoms with E-state index < -0.39 is 23.5 Å². The smallest absolute Gasteiger partial charge is 0.354 e. The summed E-state index contributed by atoms with van der Waals surface area (Å²) in [5.74, 6) is -1.71. The second kappa shape index (κ2) is 4.25. The number of carbonyl (C=O) groups excluding carboxylic acids is 3. The van der Waals surface area contributed by atoms with E-state index >= 15 is 0 Å². The lowest BCUT2D eigenvalue weighted by atomic mass is 9.87. The van der Waals surface area contributed by atoms with Gasteiger partial charge in [0.25, 0.3) is 0 Å². The van der Waals surface area contributed by atoms with Gasteiger partial charge in [-0.15, -0.1) is 0 Å². The van der Waals surface area contributed by atoms with E-state index in [9.17, 15) is 14.4 Å². The fourth-order valence-corrected chi connectivity index (χ4v) is 1.48. The first-order valence-electron chi connectivity index (χ1n) is 4.51. The molecule has 0 bridgehead atoms. The summed E-state index contributed by atoms with van der Waals surface area (Å²) in [7, 11) is 1.21. The molecule has 15 heavy (non-hydrogen) atoms. The molecule has 1 aliphatic rings. The van der Waals surface area contributed by atoms with Crippen LogP contribution in [0.1, 0.15) is 13.3 Å². The first-order valence-corrected chi connectivity index (χ1v) is 4.51. The summed E-state index contributed by atoms with van der Waals surface area (Å²) in [6.45, 7) is 1.65. The van der Waals surface area contributed by atoms with Gasteiger partial charge in [0.05, 0.1) is 7.11 Å². The quantitative estimate of drug-likeness (QED) is 0.493. The molecule has 1 rings (SSSR count).